The molecule has 0 amide bonds. The molecule has 0 radical (unpaired) electrons. The van der Waals surface area contributed by atoms with Gasteiger partial charge in [-0.25, -0.2) is 4.98 Å². The highest BCUT2D eigenvalue weighted by Crippen LogP contribution is 2.34. The first-order valence-electron chi connectivity index (χ1n) is 10.0. The lowest BCUT2D eigenvalue weighted by Crippen LogP contribution is -1.96. The highest BCUT2D eigenvalue weighted by atomic mass is 79.9. The number of hydrogen-bond donors (Lipinski definition) is 0. The van der Waals surface area contributed by atoms with E-state index in [0.717, 1.165) is 44.4 Å². The molecule has 30 heavy (non-hydrogen) atoms. The van der Waals surface area contributed by atoms with E-state index in [0.29, 0.717) is 0 Å². The topological polar surface area (TPSA) is 22.2 Å². The molecule has 1 aliphatic carbocycles. The van der Waals surface area contributed by atoms with Crippen LogP contribution in [0.15, 0.2) is 102 Å². The zero-order valence-corrected chi connectivity index (χ0v) is 17.8. The molecule has 4 heteroatoms. The molecular weight excluding hydrogens is 434 g/mol. The Morgan fingerprint density at radius 2 is 1.73 bits per heavy atom. The van der Waals surface area contributed by atoms with Crippen LogP contribution >= 0.6 is 15.9 Å². The van der Waals surface area contributed by atoms with Crippen LogP contribution in [-0.2, 0) is 0 Å². The molecule has 0 bridgehead atoms. The van der Waals surface area contributed by atoms with Crippen LogP contribution in [0.25, 0.3) is 39.1 Å². The lowest BCUT2D eigenvalue weighted by Gasteiger charge is -2.09. The standard InChI is InChI=1S/C26H18BrN3/c27-21-13-8-16-24-25(21)30-23-15-6-5-14-22(23)28-26(30)29(24)20-12-7-11-19(17-20)18-9-3-1-2-4-10-18/h1-3,5-17H,4H2. The Balaban J connectivity index is 1.68. The zero-order valence-electron chi connectivity index (χ0n) is 16.2. The molecule has 3 aromatic carbocycles. The maximum absolute atomic E-state index is 4.99. The van der Waals surface area contributed by atoms with E-state index in [9.17, 15) is 0 Å². The highest BCUT2D eigenvalue weighted by molar-refractivity contribution is 9.10. The van der Waals surface area contributed by atoms with E-state index in [1.807, 2.05) is 6.07 Å². The van der Waals surface area contributed by atoms with Crippen molar-refractivity contribution in [2.75, 3.05) is 0 Å². The van der Waals surface area contributed by atoms with Gasteiger partial charge in [0.05, 0.1) is 22.1 Å². The van der Waals surface area contributed by atoms with E-state index < -0.39 is 0 Å². The summed E-state index contributed by atoms with van der Waals surface area (Å²) in [6.45, 7) is 0. The number of imidazole rings is 2. The Hall–Kier alpha value is -3.37. The smallest absolute Gasteiger partial charge is 0.220 e. The predicted molar refractivity (Wildman–Crippen MR) is 128 cm³/mol. The van der Waals surface area contributed by atoms with Gasteiger partial charge < -0.3 is 0 Å². The number of benzene rings is 3. The number of halogens is 1. The molecule has 0 aliphatic heterocycles. The number of allylic oxidation sites excluding steroid dienone is 6. The molecule has 0 saturated heterocycles. The van der Waals surface area contributed by atoms with Crippen LogP contribution in [-0.4, -0.2) is 14.0 Å². The van der Waals surface area contributed by atoms with Crippen molar-refractivity contribution < 1.29 is 0 Å². The van der Waals surface area contributed by atoms with Gasteiger partial charge in [-0.15, -0.1) is 0 Å². The van der Waals surface area contributed by atoms with E-state index in [2.05, 4.69) is 116 Å². The van der Waals surface area contributed by atoms with Crippen LogP contribution in [0.1, 0.15) is 12.0 Å². The molecule has 144 valence electrons. The van der Waals surface area contributed by atoms with Crippen molar-refractivity contribution in [1.29, 1.82) is 0 Å². The van der Waals surface area contributed by atoms with Crippen molar-refractivity contribution in [3.8, 4) is 5.69 Å². The Kier molecular flexibility index (Phi) is 3.99. The summed E-state index contributed by atoms with van der Waals surface area (Å²) in [5, 5.41) is 0. The summed E-state index contributed by atoms with van der Waals surface area (Å²) < 4.78 is 5.56. The maximum atomic E-state index is 4.99. The summed E-state index contributed by atoms with van der Waals surface area (Å²) in [7, 11) is 0. The monoisotopic (exact) mass is 451 g/mol. The normalized spacial score (nSPS) is 14.0. The number of rotatable bonds is 2. The lowest BCUT2D eigenvalue weighted by atomic mass is 10.0. The Bertz CT molecular complexity index is 1530. The molecule has 0 spiro atoms. The zero-order chi connectivity index (χ0) is 20.1. The average molecular weight is 452 g/mol. The van der Waals surface area contributed by atoms with Crippen LogP contribution in [0.2, 0.25) is 0 Å². The fourth-order valence-corrected chi connectivity index (χ4v) is 4.80. The average Bonchev–Trinajstić information content (AvgIpc) is 3.15. The third-order valence-corrected chi connectivity index (χ3v) is 6.25. The molecule has 0 saturated carbocycles. The highest BCUT2D eigenvalue weighted by Gasteiger charge is 2.18. The van der Waals surface area contributed by atoms with Gasteiger partial charge in [0.15, 0.2) is 0 Å². The molecule has 0 unspecified atom stereocenters. The third kappa shape index (κ3) is 2.61. The second kappa shape index (κ2) is 6.85. The summed E-state index contributed by atoms with van der Waals surface area (Å²) in [6, 6.07) is 23.3. The summed E-state index contributed by atoms with van der Waals surface area (Å²) in [4.78, 5) is 4.99. The minimum atomic E-state index is 0.919. The van der Waals surface area contributed by atoms with Gasteiger partial charge in [-0.3, -0.25) is 8.97 Å². The second-order valence-corrected chi connectivity index (χ2v) is 8.27. The van der Waals surface area contributed by atoms with E-state index in [-0.39, 0.29) is 0 Å². The van der Waals surface area contributed by atoms with Crippen molar-refractivity contribution in [2.45, 2.75) is 6.42 Å². The Morgan fingerprint density at radius 3 is 2.70 bits per heavy atom. The van der Waals surface area contributed by atoms with Crippen molar-refractivity contribution >= 4 is 49.3 Å². The van der Waals surface area contributed by atoms with Crippen molar-refractivity contribution in [3.05, 3.63) is 107 Å². The van der Waals surface area contributed by atoms with Crippen LogP contribution in [0.4, 0.5) is 0 Å². The molecule has 6 rings (SSSR count). The Labute approximate surface area is 182 Å². The minimum absolute atomic E-state index is 0.919. The summed E-state index contributed by atoms with van der Waals surface area (Å²) >= 11 is 3.77. The molecule has 5 aromatic rings. The first-order chi connectivity index (χ1) is 14.8. The van der Waals surface area contributed by atoms with Crippen molar-refractivity contribution in [1.82, 2.24) is 14.0 Å². The summed E-state index contributed by atoms with van der Waals surface area (Å²) in [5.41, 5.74) is 7.91. The molecule has 3 nitrogen and oxygen atoms in total. The van der Waals surface area contributed by atoms with Crippen LogP contribution in [0, 0.1) is 0 Å². The second-order valence-electron chi connectivity index (χ2n) is 7.41. The molecule has 2 aromatic heterocycles. The van der Waals surface area contributed by atoms with Crippen molar-refractivity contribution in [2.24, 2.45) is 0 Å². The van der Waals surface area contributed by atoms with E-state index in [4.69, 9.17) is 4.98 Å². The minimum Gasteiger partial charge on any atom is -0.278 e. The number of hydrogen-bond acceptors (Lipinski definition) is 1. The van der Waals surface area contributed by atoms with Crippen LogP contribution in [0.3, 0.4) is 0 Å². The SMILES string of the molecule is Brc1cccc2c1n1c3ccccc3nc1n2-c1cccc(C2=CCC=CC=C2)c1. The lowest BCUT2D eigenvalue weighted by molar-refractivity contribution is 1.11. The summed E-state index contributed by atoms with van der Waals surface area (Å²) in [6.07, 6.45) is 11.8. The van der Waals surface area contributed by atoms with Gasteiger partial charge in [-0.2, -0.15) is 0 Å². The largest absolute Gasteiger partial charge is 0.278 e. The van der Waals surface area contributed by atoms with Gasteiger partial charge in [0.2, 0.25) is 5.78 Å². The fourth-order valence-electron chi connectivity index (χ4n) is 4.27. The fraction of sp³-hybridized carbons (Fsp3) is 0.0385. The molecule has 2 heterocycles. The third-order valence-electron chi connectivity index (χ3n) is 5.61. The van der Waals surface area contributed by atoms with E-state index in [1.54, 1.807) is 0 Å². The first-order valence-corrected chi connectivity index (χ1v) is 10.8. The van der Waals surface area contributed by atoms with Crippen LogP contribution < -0.4 is 0 Å². The number of aromatic nitrogens is 3. The van der Waals surface area contributed by atoms with Crippen molar-refractivity contribution in [3.63, 3.8) is 0 Å². The number of fused-ring (bicyclic) bond motifs is 5. The maximum Gasteiger partial charge on any atom is 0.220 e. The predicted octanol–water partition coefficient (Wildman–Crippen LogP) is 7.09. The molecule has 1 aliphatic rings. The van der Waals surface area contributed by atoms with Crippen LogP contribution in [0.5, 0.6) is 0 Å². The quantitative estimate of drug-likeness (QED) is 0.280. The summed E-state index contributed by atoms with van der Waals surface area (Å²) in [5.74, 6) is 0.919. The number of para-hydroxylation sites is 3. The molecule has 0 N–H and O–H groups in total. The van der Waals surface area contributed by atoms with E-state index in [1.165, 1.54) is 11.1 Å². The molecule has 0 fully saturated rings. The molecular formula is C26H18BrN3. The van der Waals surface area contributed by atoms with Gasteiger partial charge >= 0.3 is 0 Å². The molecule has 0 atom stereocenters. The van der Waals surface area contributed by atoms with Gasteiger partial charge in [0.25, 0.3) is 0 Å². The van der Waals surface area contributed by atoms with Gasteiger partial charge in [0.1, 0.15) is 0 Å². The van der Waals surface area contributed by atoms with Gasteiger partial charge in [-0.1, -0.05) is 60.7 Å². The Morgan fingerprint density at radius 1 is 0.867 bits per heavy atom. The number of nitrogens with zero attached hydrogens (tertiary/aromatic N) is 3. The van der Waals surface area contributed by atoms with E-state index >= 15 is 0 Å². The first kappa shape index (κ1) is 17.5. The van der Waals surface area contributed by atoms with Gasteiger partial charge in [-0.05, 0) is 69.9 Å². The van der Waals surface area contributed by atoms with Gasteiger partial charge in [0, 0.05) is 10.2 Å².